The van der Waals surface area contributed by atoms with E-state index in [-0.39, 0.29) is 10.6 Å². The van der Waals surface area contributed by atoms with Gasteiger partial charge in [0.1, 0.15) is 11.6 Å². The summed E-state index contributed by atoms with van der Waals surface area (Å²) in [6, 6.07) is 0.537. The number of carbonyl (C=O) groups excluding carboxylic acids is 1. The average molecular weight is 547 g/mol. The molecule has 2 atom stereocenters. The number of anilines is 1. The lowest BCUT2D eigenvalue weighted by molar-refractivity contribution is -0.139. The van der Waals surface area contributed by atoms with Gasteiger partial charge in [0, 0.05) is 25.4 Å². The van der Waals surface area contributed by atoms with Gasteiger partial charge in [0.15, 0.2) is 5.95 Å². The van der Waals surface area contributed by atoms with Crippen LogP contribution >= 0.6 is 0 Å². The minimum absolute atomic E-state index is 0.0155. The summed E-state index contributed by atoms with van der Waals surface area (Å²) in [6.45, 7) is 5.92. The third-order valence-corrected chi connectivity index (χ3v) is 9.04. The van der Waals surface area contributed by atoms with Gasteiger partial charge in [-0.05, 0) is 63.5 Å². The van der Waals surface area contributed by atoms with Gasteiger partial charge in [-0.15, -0.1) is 0 Å². The number of H-pyrrole nitrogens is 1. The highest BCUT2D eigenvalue weighted by atomic mass is 32.2. The maximum absolute atomic E-state index is 13.3. The van der Waals surface area contributed by atoms with Crippen LogP contribution in [0.2, 0.25) is 0 Å². The molecule has 1 aromatic carbocycles. The normalized spacial score (nSPS) is 22.8. The molecule has 1 aromatic heterocycles. The number of carboxylic acid groups (broad SMARTS) is 1. The molecule has 1 spiro atoms. The molecule has 4 rings (SSSR count). The quantitative estimate of drug-likeness (QED) is 0.266. The third-order valence-electron chi connectivity index (χ3n) is 7.29. The summed E-state index contributed by atoms with van der Waals surface area (Å²) in [7, 11) is -4.24. The number of nitrogens with one attached hydrogen (secondary N) is 4. The second-order valence-corrected chi connectivity index (χ2v) is 11.9. The number of nitrogens with zero attached hydrogens (tertiary/aromatic N) is 2. The van der Waals surface area contributed by atoms with Crippen molar-refractivity contribution in [1.82, 2.24) is 20.0 Å². The van der Waals surface area contributed by atoms with E-state index in [1.807, 2.05) is 6.92 Å². The van der Waals surface area contributed by atoms with Crippen molar-refractivity contribution in [2.75, 3.05) is 11.9 Å². The van der Waals surface area contributed by atoms with Crippen LogP contribution in [-0.4, -0.2) is 65.8 Å². The van der Waals surface area contributed by atoms with Crippen molar-refractivity contribution in [2.45, 2.75) is 75.5 Å². The molecular weight excluding hydrogens is 512 g/mol. The van der Waals surface area contributed by atoms with Crippen LogP contribution in [0.25, 0.3) is 0 Å². The Bertz CT molecular complexity index is 1280. The molecule has 12 nitrogen and oxygen atoms in total. The highest BCUT2D eigenvalue weighted by molar-refractivity contribution is 7.89. The number of carboxylic acids is 1. The number of imidazole rings is 1. The molecule has 0 saturated heterocycles. The summed E-state index contributed by atoms with van der Waals surface area (Å²) in [5, 5.41) is 19.9. The van der Waals surface area contributed by atoms with Gasteiger partial charge in [-0.25, -0.2) is 13.4 Å². The Balaban J connectivity index is 1.46. The summed E-state index contributed by atoms with van der Waals surface area (Å²) < 4.78 is 29.0. The van der Waals surface area contributed by atoms with E-state index in [2.05, 4.69) is 30.5 Å². The predicted octanol–water partition coefficient (Wildman–Crippen LogP) is 2.00. The highest BCUT2D eigenvalue weighted by Gasteiger charge is 2.47. The van der Waals surface area contributed by atoms with Gasteiger partial charge >= 0.3 is 5.97 Å². The van der Waals surface area contributed by atoms with Crippen LogP contribution in [0.5, 0.6) is 0 Å². The lowest BCUT2D eigenvalue weighted by atomic mass is 9.75. The molecule has 1 aliphatic heterocycles. The van der Waals surface area contributed by atoms with E-state index in [0.29, 0.717) is 48.7 Å². The zero-order valence-electron chi connectivity index (χ0n) is 21.7. The molecule has 2 aromatic rings. The third kappa shape index (κ3) is 5.99. The maximum atomic E-state index is 13.3. The van der Waals surface area contributed by atoms with Crippen molar-refractivity contribution in [1.29, 1.82) is 0 Å². The number of sulfonamides is 1. The summed E-state index contributed by atoms with van der Waals surface area (Å²) in [4.78, 5) is 36.8. The Kier molecular flexibility index (Phi) is 8.07. The summed E-state index contributed by atoms with van der Waals surface area (Å²) in [5.74, 6) is -0.317. The number of amides is 1. The van der Waals surface area contributed by atoms with Crippen LogP contribution in [0.15, 0.2) is 34.6 Å². The minimum atomic E-state index is -4.24. The second kappa shape index (κ2) is 11.1. The van der Waals surface area contributed by atoms with Crippen molar-refractivity contribution in [2.24, 2.45) is 11.1 Å². The van der Waals surface area contributed by atoms with Crippen molar-refractivity contribution < 1.29 is 28.0 Å². The van der Waals surface area contributed by atoms with Crippen LogP contribution in [0.3, 0.4) is 0 Å². The van der Waals surface area contributed by atoms with Crippen molar-refractivity contribution in [3.05, 3.63) is 41.2 Å². The van der Waals surface area contributed by atoms with E-state index >= 15 is 0 Å². The Morgan fingerprint density at radius 1 is 1.26 bits per heavy atom. The van der Waals surface area contributed by atoms with E-state index < -0.39 is 33.7 Å². The van der Waals surface area contributed by atoms with Crippen LogP contribution in [0, 0.1) is 26.7 Å². The molecule has 5 N–H and O–H groups in total. The number of hydrogen-bond donors (Lipinski definition) is 5. The van der Waals surface area contributed by atoms with Crippen LogP contribution in [-0.2, 0) is 24.4 Å². The number of aromatic nitrogens is 2. The van der Waals surface area contributed by atoms with Gasteiger partial charge in [0.05, 0.1) is 16.6 Å². The molecule has 1 saturated carbocycles. The summed E-state index contributed by atoms with van der Waals surface area (Å²) in [5.41, 5.74) is 1.57. The maximum Gasteiger partial charge on any atom is 0.324 e. The zero-order valence-corrected chi connectivity index (χ0v) is 22.5. The second-order valence-electron chi connectivity index (χ2n) is 10.2. The monoisotopic (exact) mass is 546 g/mol. The number of hydrogen-bond acceptors (Lipinski definition) is 8. The number of oxime groups is 1. The fourth-order valence-electron chi connectivity index (χ4n) is 5.53. The van der Waals surface area contributed by atoms with E-state index in [4.69, 9.17) is 4.84 Å². The van der Waals surface area contributed by atoms with Crippen molar-refractivity contribution in [3.63, 3.8) is 0 Å². The molecule has 1 unspecified atom stereocenters. The van der Waals surface area contributed by atoms with Gasteiger partial charge in [0.2, 0.25) is 16.4 Å². The zero-order chi connectivity index (χ0) is 27.5. The standard InChI is InChI=1S/C25H34N6O6S/c1-15-10-16(2)22(17(3)11-15)38(35,36)31-21(23(33)34)20(29-14-32)19-12-25(37-30-19)6-4-18(5-7-25)13-28-24-26-8-9-27-24/h8-11,14,18,20-21,31H,4-7,12-13H2,1-3H3,(H,29,32)(H,33,34)(H2,26,27,28)/t18?,20?,21-,25?/m0/s1. The topological polar surface area (TPSA) is 175 Å². The molecule has 2 aliphatic rings. The van der Waals surface area contributed by atoms with Crippen molar-refractivity contribution >= 4 is 34.1 Å². The molecular formula is C25H34N6O6S. The number of rotatable bonds is 11. The molecule has 1 fully saturated rings. The molecule has 13 heteroatoms. The van der Waals surface area contributed by atoms with E-state index in [1.165, 1.54) is 0 Å². The first-order valence-corrected chi connectivity index (χ1v) is 14.0. The number of carbonyl (C=O) groups is 2. The first-order valence-electron chi connectivity index (χ1n) is 12.5. The smallest absolute Gasteiger partial charge is 0.324 e. The van der Waals surface area contributed by atoms with Gasteiger partial charge in [-0.1, -0.05) is 22.9 Å². The Hall–Kier alpha value is -3.45. The van der Waals surface area contributed by atoms with Gasteiger partial charge in [0.25, 0.3) is 0 Å². The van der Waals surface area contributed by atoms with Crippen LogP contribution in [0.1, 0.15) is 48.8 Å². The average Bonchev–Trinajstić information content (AvgIpc) is 3.51. The van der Waals surface area contributed by atoms with E-state index in [1.54, 1.807) is 38.4 Å². The largest absolute Gasteiger partial charge is 0.480 e. The molecule has 2 heterocycles. The summed E-state index contributed by atoms with van der Waals surface area (Å²) in [6.07, 6.45) is 7.20. The van der Waals surface area contributed by atoms with E-state index in [9.17, 15) is 23.1 Å². The number of aliphatic carboxylic acids is 1. The molecule has 206 valence electrons. The minimum Gasteiger partial charge on any atom is -0.480 e. The SMILES string of the molecule is Cc1cc(C)c(S(=O)(=O)N[C@H](C(=O)O)C(NC=O)C2=NOC3(CCC(CNc4ncc[nH]4)CC3)C2)c(C)c1. The highest BCUT2D eigenvalue weighted by Crippen LogP contribution is 2.41. The first-order chi connectivity index (χ1) is 18.0. The number of benzene rings is 1. The molecule has 1 amide bonds. The predicted molar refractivity (Wildman–Crippen MR) is 140 cm³/mol. The molecule has 0 radical (unpaired) electrons. The molecule has 38 heavy (non-hydrogen) atoms. The number of aryl methyl sites for hydroxylation is 3. The number of aromatic amines is 1. The van der Waals surface area contributed by atoms with E-state index in [0.717, 1.165) is 24.9 Å². The summed E-state index contributed by atoms with van der Waals surface area (Å²) >= 11 is 0. The fourth-order valence-corrected chi connectivity index (χ4v) is 7.19. The molecule has 0 bridgehead atoms. The fraction of sp³-hybridized carbons (Fsp3) is 0.520. The molecule has 1 aliphatic carbocycles. The van der Waals surface area contributed by atoms with Crippen molar-refractivity contribution in [3.8, 4) is 0 Å². The van der Waals surface area contributed by atoms with Gasteiger partial charge in [-0.2, -0.15) is 4.72 Å². The lowest BCUT2D eigenvalue weighted by Crippen LogP contribution is -2.57. The van der Waals surface area contributed by atoms with Gasteiger partial charge in [-0.3, -0.25) is 9.59 Å². The first kappa shape index (κ1) is 27.6. The van der Waals surface area contributed by atoms with Gasteiger partial charge < -0.3 is 25.6 Å². The Morgan fingerprint density at radius 3 is 2.53 bits per heavy atom. The van der Waals surface area contributed by atoms with Crippen LogP contribution < -0.4 is 15.4 Å². The Morgan fingerprint density at radius 2 is 1.95 bits per heavy atom. The lowest BCUT2D eigenvalue weighted by Gasteiger charge is -2.35. The van der Waals surface area contributed by atoms with Crippen LogP contribution in [0.4, 0.5) is 5.95 Å². The Labute approximate surface area is 221 Å².